The molecule has 0 spiro atoms. The van der Waals surface area contributed by atoms with Crippen LogP contribution in [0.4, 0.5) is 5.82 Å². The summed E-state index contributed by atoms with van der Waals surface area (Å²) in [7, 11) is 1.85. The third-order valence-corrected chi connectivity index (χ3v) is 2.23. The fourth-order valence-corrected chi connectivity index (χ4v) is 1.34. The van der Waals surface area contributed by atoms with Crippen molar-refractivity contribution in [3.63, 3.8) is 0 Å². The number of ether oxygens (including phenoxy) is 1. The van der Waals surface area contributed by atoms with Gasteiger partial charge in [-0.05, 0) is 18.2 Å². The lowest BCUT2D eigenvalue weighted by Crippen LogP contribution is -1.97. The van der Waals surface area contributed by atoms with Crippen molar-refractivity contribution in [3.8, 4) is 5.75 Å². The molecular formula is C13H14N2O. The molecule has 0 saturated heterocycles. The Bertz CT molecular complexity index is 425. The lowest BCUT2D eigenvalue weighted by Gasteiger charge is -2.06. The van der Waals surface area contributed by atoms with Crippen LogP contribution in [0.5, 0.6) is 5.75 Å². The van der Waals surface area contributed by atoms with E-state index in [1.807, 2.05) is 55.7 Å². The Morgan fingerprint density at radius 2 is 1.94 bits per heavy atom. The fraction of sp³-hybridized carbons (Fsp3) is 0.154. The van der Waals surface area contributed by atoms with Gasteiger partial charge in [-0.3, -0.25) is 0 Å². The molecule has 0 aliphatic heterocycles. The third kappa shape index (κ3) is 2.73. The molecule has 0 aliphatic rings. The number of nitrogens with one attached hydrogen (secondary N) is 1. The summed E-state index contributed by atoms with van der Waals surface area (Å²) in [5.41, 5.74) is 1.06. The van der Waals surface area contributed by atoms with Gasteiger partial charge < -0.3 is 10.1 Å². The SMILES string of the molecule is CNc1ccc(COc2ccccc2)cn1. The van der Waals surface area contributed by atoms with Crippen LogP contribution >= 0.6 is 0 Å². The molecule has 0 radical (unpaired) electrons. The molecule has 1 N–H and O–H groups in total. The fourth-order valence-electron chi connectivity index (χ4n) is 1.34. The highest BCUT2D eigenvalue weighted by Crippen LogP contribution is 2.11. The molecule has 0 aliphatic carbocycles. The Balaban J connectivity index is 1.94. The number of para-hydroxylation sites is 1. The zero-order valence-electron chi connectivity index (χ0n) is 9.18. The van der Waals surface area contributed by atoms with Gasteiger partial charge in [0.25, 0.3) is 0 Å². The van der Waals surface area contributed by atoms with Crippen LogP contribution in [0, 0.1) is 0 Å². The molecule has 0 unspecified atom stereocenters. The number of benzene rings is 1. The Labute approximate surface area is 95.1 Å². The maximum absolute atomic E-state index is 5.61. The molecule has 1 heterocycles. The summed E-state index contributed by atoms with van der Waals surface area (Å²) < 4.78 is 5.61. The van der Waals surface area contributed by atoms with Crippen molar-refractivity contribution < 1.29 is 4.74 Å². The molecule has 16 heavy (non-hydrogen) atoms. The largest absolute Gasteiger partial charge is 0.489 e. The Morgan fingerprint density at radius 3 is 2.56 bits per heavy atom. The van der Waals surface area contributed by atoms with E-state index in [-0.39, 0.29) is 0 Å². The van der Waals surface area contributed by atoms with E-state index in [4.69, 9.17) is 4.74 Å². The van der Waals surface area contributed by atoms with Crippen molar-refractivity contribution in [2.75, 3.05) is 12.4 Å². The lowest BCUT2D eigenvalue weighted by molar-refractivity contribution is 0.306. The van der Waals surface area contributed by atoms with Gasteiger partial charge in [-0.25, -0.2) is 4.98 Å². The van der Waals surface area contributed by atoms with Crippen LogP contribution in [0.15, 0.2) is 48.7 Å². The molecule has 3 heteroatoms. The Morgan fingerprint density at radius 1 is 1.12 bits per heavy atom. The van der Waals surface area contributed by atoms with E-state index >= 15 is 0 Å². The zero-order chi connectivity index (χ0) is 11.2. The van der Waals surface area contributed by atoms with Gasteiger partial charge in [0.2, 0.25) is 0 Å². The quantitative estimate of drug-likeness (QED) is 0.849. The molecular weight excluding hydrogens is 200 g/mol. The second-order valence-electron chi connectivity index (χ2n) is 3.40. The van der Waals surface area contributed by atoms with E-state index < -0.39 is 0 Å². The summed E-state index contributed by atoms with van der Waals surface area (Å²) in [6.07, 6.45) is 1.81. The van der Waals surface area contributed by atoms with Crippen LogP contribution < -0.4 is 10.1 Å². The van der Waals surface area contributed by atoms with Gasteiger partial charge in [-0.15, -0.1) is 0 Å². The second-order valence-corrected chi connectivity index (χ2v) is 3.40. The summed E-state index contributed by atoms with van der Waals surface area (Å²) in [6, 6.07) is 13.7. The van der Waals surface area contributed by atoms with E-state index in [1.54, 1.807) is 0 Å². The highest BCUT2D eigenvalue weighted by Gasteiger charge is 1.96. The molecule has 1 aromatic heterocycles. The van der Waals surface area contributed by atoms with Crippen LogP contribution in [0.1, 0.15) is 5.56 Å². The topological polar surface area (TPSA) is 34.1 Å². The highest BCUT2D eigenvalue weighted by atomic mass is 16.5. The average molecular weight is 214 g/mol. The number of rotatable bonds is 4. The third-order valence-electron chi connectivity index (χ3n) is 2.23. The molecule has 0 fully saturated rings. The first-order valence-electron chi connectivity index (χ1n) is 5.19. The molecule has 3 nitrogen and oxygen atoms in total. The second kappa shape index (κ2) is 5.16. The van der Waals surface area contributed by atoms with Crippen molar-refractivity contribution in [1.82, 2.24) is 4.98 Å². The van der Waals surface area contributed by atoms with Gasteiger partial charge in [-0.1, -0.05) is 24.3 Å². The van der Waals surface area contributed by atoms with Crippen molar-refractivity contribution in [1.29, 1.82) is 0 Å². The smallest absolute Gasteiger partial charge is 0.125 e. The molecule has 0 amide bonds. The van der Waals surface area contributed by atoms with E-state index in [2.05, 4.69) is 10.3 Å². The van der Waals surface area contributed by atoms with Crippen LogP contribution in [0.25, 0.3) is 0 Å². The van der Waals surface area contributed by atoms with Gasteiger partial charge in [-0.2, -0.15) is 0 Å². The normalized spacial score (nSPS) is 9.81. The first kappa shape index (κ1) is 10.5. The van der Waals surface area contributed by atoms with Gasteiger partial charge in [0.15, 0.2) is 0 Å². The number of hydrogen-bond donors (Lipinski definition) is 1. The maximum atomic E-state index is 5.61. The number of aromatic nitrogens is 1. The Kier molecular flexibility index (Phi) is 3.38. The molecule has 0 bridgehead atoms. The summed E-state index contributed by atoms with van der Waals surface area (Å²) >= 11 is 0. The summed E-state index contributed by atoms with van der Waals surface area (Å²) in [5.74, 6) is 1.74. The number of hydrogen-bond acceptors (Lipinski definition) is 3. The first-order valence-corrected chi connectivity index (χ1v) is 5.19. The molecule has 1 aromatic carbocycles. The van der Waals surface area contributed by atoms with E-state index in [0.717, 1.165) is 17.1 Å². The number of nitrogens with zero attached hydrogens (tertiary/aromatic N) is 1. The van der Waals surface area contributed by atoms with Gasteiger partial charge in [0.1, 0.15) is 18.2 Å². The summed E-state index contributed by atoms with van der Waals surface area (Å²) in [4.78, 5) is 4.22. The standard InChI is InChI=1S/C13H14N2O/c1-14-13-8-7-11(9-15-13)10-16-12-5-3-2-4-6-12/h2-9H,10H2,1H3,(H,14,15). The molecule has 0 atom stereocenters. The van der Waals surface area contributed by atoms with E-state index in [1.165, 1.54) is 0 Å². The first-order chi connectivity index (χ1) is 7.88. The van der Waals surface area contributed by atoms with Crippen molar-refractivity contribution in [3.05, 3.63) is 54.2 Å². The van der Waals surface area contributed by atoms with Gasteiger partial charge in [0, 0.05) is 18.8 Å². The molecule has 2 rings (SSSR count). The van der Waals surface area contributed by atoms with Crippen LogP contribution in [0.2, 0.25) is 0 Å². The predicted molar refractivity (Wildman–Crippen MR) is 64.6 cm³/mol. The Hall–Kier alpha value is -2.03. The zero-order valence-corrected chi connectivity index (χ0v) is 9.18. The predicted octanol–water partition coefficient (Wildman–Crippen LogP) is 2.70. The number of anilines is 1. The van der Waals surface area contributed by atoms with Crippen molar-refractivity contribution >= 4 is 5.82 Å². The summed E-state index contributed by atoms with van der Waals surface area (Å²) in [5, 5.41) is 2.98. The van der Waals surface area contributed by atoms with Crippen LogP contribution in [-0.2, 0) is 6.61 Å². The molecule has 0 saturated carbocycles. The minimum absolute atomic E-state index is 0.543. The molecule has 82 valence electrons. The minimum Gasteiger partial charge on any atom is -0.489 e. The van der Waals surface area contributed by atoms with Crippen LogP contribution in [-0.4, -0.2) is 12.0 Å². The van der Waals surface area contributed by atoms with Gasteiger partial charge in [0.05, 0.1) is 0 Å². The maximum Gasteiger partial charge on any atom is 0.125 e. The monoisotopic (exact) mass is 214 g/mol. The number of pyridine rings is 1. The average Bonchev–Trinajstić information content (AvgIpc) is 2.38. The molecule has 2 aromatic rings. The van der Waals surface area contributed by atoms with Crippen molar-refractivity contribution in [2.45, 2.75) is 6.61 Å². The van der Waals surface area contributed by atoms with Crippen LogP contribution in [0.3, 0.4) is 0 Å². The van der Waals surface area contributed by atoms with Gasteiger partial charge >= 0.3 is 0 Å². The van der Waals surface area contributed by atoms with E-state index in [0.29, 0.717) is 6.61 Å². The minimum atomic E-state index is 0.543. The lowest BCUT2D eigenvalue weighted by atomic mass is 10.3. The highest BCUT2D eigenvalue weighted by molar-refractivity contribution is 5.34. The van der Waals surface area contributed by atoms with E-state index in [9.17, 15) is 0 Å². The summed E-state index contributed by atoms with van der Waals surface area (Å²) in [6.45, 7) is 0.543. The van der Waals surface area contributed by atoms with Crippen molar-refractivity contribution in [2.24, 2.45) is 0 Å².